The number of rotatable bonds is 3. The quantitative estimate of drug-likeness (QED) is 0.584. The van der Waals surface area contributed by atoms with Crippen molar-refractivity contribution in [3.05, 3.63) is 58.8 Å². The number of hydrogen-bond acceptors (Lipinski definition) is 5. The van der Waals surface area contributed by atoms with Crippen molar-refractivity contribution >= 4 is 28.8 Å². The van der Waals surface area contributed by atoms with Crippen molar-refractivity contribution in [2.75, 3.05) is 24.5 Å². The largest absolute Gasteiger partial charge is 0.368 e. The van der Waals surface area contributed by atoms with E-state index in [1.807, 2.05) is 36.7 Å². The average molecular weight is 456 g/mol. The number of nitrogens with zero attached hydrogens (tertiary/aromatic N) is 5. The van der Waals surface area contributed by atoms with Gasteiger partial charge in [-0.3, -0.25) is 14.7 Å². The van der Waals surface area contributed by atoms with Crippen LogP contribution < -0.4 is 4.90 Å². The molecule has 0 radical (unpaired) electrons. The standard InChI is InChI=1S/C28H33N5O/c1-18-14-32-17-26(30-28(32)20(3)29-18)25-13-22-7-9-23(12-21(22)8-10-27(25)34)31-15-24(16-31)33-11-5-4-6-19(33)2/h7,9,12-14,17,19,24H,4-6,8,10-11,15-16H2,1-3H3. The first-order valence-corrected chi connectivity index (χ1v) is 12.7. The Balaban J connectivity index is 1.25. The van der Waals surface area contributed by atoms with Crippen LogP contribution in [0.3, 0.4) is 0 Å². The Hall–Kier alpha value is -2.99. The summed E-state index contributed by atoms with van der Waals surface area (Å²) in [7, 11) is 0. The fourth-order valence-electron chi connectivity index (χ4n) is 5.95. The molecule has 2 aromatic heterocycles. The van der Waals surface area contributed by atoms with Crippen LogP contribution in [0, 0.1) is 13.8 Å². The van der Waals surface area contributed by atoms with Crippen LogP contribution in [0.1, 0.15) is 60.8 Å². The third-order valence-electron chi connectivity index (χ3n) is 7.90. The van der Waals surface area contributed by atoms with Crippen molar-refractivity contribution < 1.29 is 4.79 Å². The second-order valence-electron chi connectivity index (χ2n) is 10.3. The van der Waals surface area contributed by atoms with Gasteiger partial charge >= 0.3 is 0 Å². The van der Waals surface area contributed by atoms with Gasteiger partial charge in [-0.2, -0.15) is 0 Å². The van der Waals surface area contributed by atoms with Gasteiger partial charge in [-0.05, 0) is 75.9 Å². The molecule has 0 amide bonds. The molecule has 176 valence electrons. The summed E-state index contributed by atoms with van der Waals surface area (Å²) in [5.74, 6) is 0.159. The van der Waals surface area contributed by atoms with Crippen LogP contribution in [0.25, 0.3) is 17.3 Å². The minimum Gasteiger partial charge on any atom is -0.368 e. The summed E-state index contributed by atoms with van der Waals surface area (Å²) in [5.41, 5.74) is 7.75. The van der Waals surface area contributed by atoms with Crippen LogP contribution in [0.4, 0.5) is 5.69 Å². The summed E-state index contributed by atoms with van der Waals surface area (Å²) in [6, 6.07) is 8.11. The van der Waals surface area contributed by atoms with E-state index in [2.05, 4.69) is 39.9 Å². The highest BCUT2D eigenvalue weighted by atomic mass is 16.1. The molecule has 6 rings (SSSR count). The van der Waals surface area contributed by atoms with Gasteiger partial charge in [0.25, 0.3) is 0 Å². The fraction of sp³-hybridized carbons (Fsp3) is 0.464. The number of aryl methyl sites for hydroxylation is 3. The number of aromatic nitrogens is 3. The van der Waals surface area contributed by atoms with Crippen LogP contribution in [-0.2, 0) is 11.2 Å². The van der Waals surface area contributed by atoms with Gasteiger partial charge in [0.15, 0.2) is 11.4 Å². The van der Waals surface area contributed by atoms with Gasteiger partial charge in [-0.15, -0.1) is 0 Å². The van der Waals surface area contributed by atoms with E-state index in [0.29, 0.717) is 24.1 Å². The molecule has 0 N–H and O–H groups in total. The first-order valence-electron chi connectivity index (χ1n) is 12.7. The van der Waals surface area contributed by atoms with Crippen molar-refractivity contribution in [1.29, 1.82) is 0 Å². The molecular weight excluding hydrogens is 422 g/mol. The second kappa shape index (κ2) is 8.35. The lowest BCUT2D eigenvalue weighted by Gasteiger charge is -2.50. The molecule has 6 nitrogen and oxygen atoms in total. The zero-order valence-corrected chi connectivity index (χ0v) is 20.4. The van der Waals surface area contributed by atoms with Crippen molar-refractivity contribution in [2.24, 2.45) is 0 Å². The van der Waals surface area contributed by atoms with E-state index in [0.717, 1.165) is 47.8 Å². The van der Waals surface area contributed by atoms with Gasteiger partial charge in [0.2, 0.25) is 0 Å². The monoisotopic (exact) mass is 455 g/mol. The molecule has 2 fully saturated rings. The summed E-state index contributed by atoms with van der Waals surface area (Å²) >= 11 is 0. The molecule has 1 atom stereocenters. The number of benzene rings is 1. The lowest BCUT2D eigenvalue weighted by Crippen LogP contribution is -2.62. The number of anilines is 1. The van der Waals surface area contributed by atoms with Crippen molar-refractivity contribution in [3.8, 4) is 0 Å². The Morgan fingerprint density at radius 3 is 2.71 bits per heavy atom. The minimum absolute atomic E-state index is 0.159. The molecule has 1 unspecified atom stereocenters. The first kappa shape index (κ1) is 21.5. The summed E-state index contributed by atoms with van der Waals surface area (Å²) in [5, 5.41) is 0. The number of likely N-dealkylation sites (tertiary alicyclic amines) is 1. The number of imidazole rings is 1. The Morgan fingerprint density at radius 1 is 1.03 bits per heavy atom. The summed E-state index contributed by atoms with van der Waals surface area (Å²) in [6.07, 6.45) is 11.3. The molecule has 3 aliphatic rings. The molecule has 0 bridgehead atoms. The normalized spacial score (nSPS) is 21.9. The molecule has 3 aromatic rings. The number of allylic oxidation sites excluding steroid dienone is 1. The molecule has 4 heterocycles. The van der Waals surface area contributed by atoms with E-state index in [-0.39, 0.29) is 5.78 Å². The number of carbonyl (C=O) groups excluding carboxylic acids is 1. The predicted octanol–water partition coefficient (Wildman–Crippen LogP) is 4.47. The molecular formula is C28H33N5O. The van der Waals surface area contributed by atoms with E-state index >= 15 is 0 Å². The van der Waals surface area contributed by atoms with E-state index in [1.165, 1.54) is 37.1 Å². The fourth-order valence-corrected chi connectivity index (χ4v) is 5.95. The maximum atomic E-state index is 13.1. The zero-order valence-electron chi connectivity index (χ0n) is 20.4. The van der Waals surface area contributed by atoms with Gasteiger partial charge in [0, 0.05) is 55.2 Å². The molecule has 0 spiro atoms. The summed E-state index contributed by atoms with van der Waals surface area (Å²) < 4.78 is 1.99. The van der Waals surface area contributed by atoms with Gasteiger partial charge in [-0.25, -0.2) is 4.98 Å². The van der Waals surface area contributed by atoms with Gasteiger partial charge in [0.05, 0.1) is 17.1 Å². The number of piperidine rings is 1. The topological polar surface area (TPSA) is 53.7 Å². The van der Waals surface area contributed by atoms with Crippen LogP contribution >= 0.6 is 0 Å². The number of hydrogen-bond donors (Lipinski definition) is 0. The SMILES string of the molecule is Cc1cn2cc(C3=Cc4ccc(N5CC(N6CCCCC6C)C5)cc4CCC3=O)nc2c(C)n1. The summed E-state index contributed by atoms with van der Waals surface area (Å²) in [4.78, 5) is 27.6. The van der Waals surface area contributed by atoms with E-state index in [1.54, 1.807) is 0 Å². The average Bonchev–Trinajstić information content (AvgIpc) is 3.13. The third kappa shape index (κ3) is 3.74. The third-order valence-corrected chi connectivity index (χ3v) is 7.90. The lowest BCUT2D eigenvalue weighted by atomic mass is 9.96. The van der Waals surface area contributed by atoms with E-state index in [9.17, 15) is 4.79 Å². The lowest BCUT2D eigenvalue weighted by molar-refractivity contribution is -0.113. The van der Waals surface area contributed by atoms with Crippen LogP contribution in [0.15, 0.2) is 30.6 Å². The van der Waals surface area contributed by atoms with Crippen LogP contribution in [0.2, 0.25) is 0 Å². The molecule has 34 heavy (non-hydrogen) atoms. The van der Waals surface area contributed by atoms with Crippen molar-refractivity contribution in [3.63, 3.8) is 0 Å². The molecule has 6 heteroatoms. The second-order valence-corrected chi connectivity index (χ2v) is 10.3. The van der Waals surface area contributed by atoms with Crippen molar-refractivity contribution in [2.45, 2.75) is 65.0 Å². The van der Waals surface area contributed by atoms with Gasteiger partial charge in [-0.1, -0.05) is 12.5 Å². The first-order chi connectivity index (χ1) is 16.5. The highest BCUT2D eigenvalue weighted by molar-refractivity contribution is 6.25. The highest BCUT2D eigenvalue weighted by Gasteiger charge is 2.35. The number of ketones is 1. The molecule has 2 aliphatic heterocycles. The highest BCUT2D eigenvalue weighted by Crippen LogP contribution is 2.33. The van der Waals surface area contributed by atoms with Crippen LogP contribution in [0.5, 0.6) is 0 Å². The molecule has 2 saturated heterocycles. The maximum absolute atomic E-state index is 13.1. The van der Waals surface area contributed by atoms with E-state index in [4.69, 9.17) is 4.98 Å². The Bertz CT molecular complexity index is 1300. The number of Topliss-reactive ketones (excluding diaryl/α,β-unsaturated/α-hetero) is 1. The molecule has 1 aromatic carbocycles. The molecule has 0 saturated carbocycles. The summed E-state index contributed by atoms with van der Waals surface area (Å²) in [6.45, 7) is 9.79. The Kier molecular flexibility index (Phi) is 5.29. The smallest absolute Gasteiger partial charge is 0.165 e. The predicted molar refractivity (Wildman–Crippen MR) is 136 cm³/mol. The number of fused-ring (bicyclic) bond motifs is 2. The molecule has 1 aliphatic carbocycles. The van der Waals surface area contributed by atoms with Gasteiger partial charge in [0.1, 0.15) is 0 Å². The number of carbonyl (C=O) groups is 1. The van der Waals surface area contributed by atoms with Crippen molar-refractivity contribution in [1.82, 2.24) is 19.3 Å². The maximum Gasteiger partial charge on any atom is 0.165 e. The Labute approximate surface area is 201 Å². The van der Waals surface area contributed by atoms with Gasteiger partial charge < -0.3 is 9.30 Å². The van der Waals surface area contributed by atoms with E-state index < -0.39 is 0 Å². The van der Waals surface area contributed by atoms with Crippen LogP contribution in [-0.4, -0.2) is 56.8 Å². The Morgan fingerprint density at radius 2 is 1.88 bits per heavy atom. The zero-order chi connectivity index (χ0) is 23.4. The minimum atomic E-state index is 0.159.